The maximum atomic E-state index is 6.03. The van der Waals surface area contributed by atoms with Gasteiger partial charge in [-0.1, -0.05) is 32.2 Å². The van der Waals surface area contributed by atoms with E-state index >= 15 is 0 Å². The Morgan fingerprint density at radius 3 is 2.74 bits per heavy atom. The number of hydrogen-bond donors (Lipinski definition) is 1. The number of benzene rings is 1. The number of nitrogens with zero attached hydrogens (tertiary/aromatic N) is 1. The monoisotopic (exact) mass is 372 g/mol. The molecule has 0 bridgehead atoms. The summed E-state index contributed by atoms with van der Waals surface area (Å²) in [5.74, 6) is 2.23. The molecule has 2 rings (SSSR count). The highest BCUT2D eigenvalue weighted by molar-refractivity contribution is 5.43. The van der Waals surface area contributed by atoms with E-state index in [4.69, 9.17) is 14.2 Å². The van der Waals surface area contributed by atoms with Gasteiger partial charge in [0.1, 0.15) is 17.3 Å². The summed E-state index contributed by atoms with van der Waals surface area (Å²) >= 11 is 0. The van der Waals surface area contributed by atoms with Crippen LogP contribution in [-0.2, 0) is 22.6 Å². The minimum atomic E-state index is 0.547. The summed E-state index contributed by atoms with van der Waals surface area (Å²) in [7, 11) is 3.23. The van der Waals surface area contributed by atoms with Gasteiger partial charge in [0.2, 0.25) is 0 Å². The highest BCUT2D eigenvalue weighted by Gasteiger charge is 2.23. The second-order valence-electron chi connectivity index (χ2n) is 6.58. The summed E-state index contributed by atoms with van der Waals surface area (Å²) in [6, 6.07) is 6.30. The average Bonchev–Trinajstić information content (AvgIpc) is 3.08. The lowest BCUT2D eigenvalue weighted by Crippen LogP contribution is -2.20. The maximum Gasteiger partial charge on any atom is 0.126 e. The van der Waals surface area contributed by atoms with Gasteiger partial charge in [-0.05, 0) is 31.1 Å². The van der Waals surface area contributed by atoms with Gasteiger partial charge in [0.25, 0.3) is 0 Å². The van der Waals surface area contributed by atoms with Gasteiger partial charge in [-0.3, -0.25) is 4.90 Å². The fourth-order valence-corrected chi connectivity index (χ4v) is 3.12. The first-order valence-corrected chi connectivity index (χ1v) is 9.42. The van der Waals surface area contributed by atoms with Crippen molar-refractivity contribution in [1.29, 1.82) is 0 Å². The minimum Gasteiger partial charge on any atom is -0.497 e. The van der Waals surface area contributed by atoms with Gasteiger partial charge < -0.3 is 19.5 Å². The molecule has 1 heterocycles. The van der Waals surface area contributed by atoms with Crippen LogP contribution in [0.1, 0.15) is 24.5 Å². The Balaban J connectivity index is 1.95. The van der Waals surface area contributed by atoms with Gasteiger partial charge >= 0.3 is 0 Å². The largest absolute Gasteiger partial charge is 0.497 e. The third-order valence-electron chi connectivity index (χ3n) is 4.55. The smallest absolute Gasteiger partial charge is 0.126 e. The third kappa shape index (κ3) is 6.15. The molecule has 148 valence electrons. The van der Waals surface area contributed by atoms with Gasteiger partial charge in [0, 0.05) is 36.8 Å². The molecule has 0 unspecified atom stereocenters. The number of nitrogens with one attached hydrogen (secondary N) is 1. The standard InChI is InChI=1S/C22H32N2O3/c1-6-23-11-8-12-27-21-10-7-9-19-15-24(16-20(19)21)14-17(2)22(26-5)13-18(3)25-4/h7,9-10,13,23H,2-3,6,8,11-12,14-16H2,1,4-5H3/b22-13+. The van der Waals surface area contributed by atoms with Crippen LogP contribution in [0.4, 0.5) is 0 Å². The lowest BCUT2D eigenvalue weighted by molar-refractivity contribution is 0.261. The summed E-state index contributed by atoms with van der Waals surface area (Å²) in [5, 5.41) is 3.32. The molecule has 5 heteroatoms. The zero-order chi connectivity index (χ0) is 19.6. The molecule has 1 aliphatic rings. The molecule has 0 atom stereocenters. The van der Waals surface area contributed by atoms with Gasteiger partial charge in [0.05, 0.1) is 20.8 Å². The summed E-state index contributed by atoms with van der Waals surface area (Å²) in [5.41, 5.74) is 3.49. The molecule has 0 saturated heterocycles. The maximum absolute atomic E-state index is 6.03. The van der Waals surface area contributed by atoms with E-state index < -0.39 is 0 Å². The van der Waals surface area contributed by atoms with Crippen molar-refractivity contribution in [3.05, 3.63) is 65.7 Å². The first kappa shape index (κ1) is 21.1. The lowest BCUT2D eigenvalue weighted by Gasteiger charge is -2.18. The van der Waals surface area contributed by atoms with E-state index in [-0.39, 0.29) is 0 Å². The van der Waals surface area contributed by atoms with Gasteiger partial charge in [-0.25, -0.2) is 0 Å². The van der Waals surface area contributed by atoms with Crippen molar-refractivity contribution in [1.82, 2.24) is 10.2 Å². The zero-order valence-corrected chi connectivity index (χ0v) is 16.8. The van der Waals surface area contributed by atoms with E-state index in [1.165, 1.54) is 11.1 Å². The van der Waals surface area contributed by atoms with Crippen LogP contribution in [0.5, 0.6) is 5.75 Å². The Hall–Kier alpha value is -2.24. The summed E-state index contributed by atoms with van der Waals surface area (Å²) < 4.78 is 16.6. The van der Waals surface area contributed by atoms with E-state index in [0.29, 0.717) is 18.1 Å². The highest BCUT2D eigenvalue weighted by atomic mass is 16.5. The second kappa shape index (κ2) is 10.8. The molecular weight excluding hydrogens is 340 g/mol. The predicted molar refractivity (Wildman–Crippen MR) is 110 cm³/mol. The van der Waals surface area contributed by atoms with Crippen LogP contribution in [0.25, 0.3) is 0 Å². The topological polar surface area (TPSA) is 43.0 Å². The molecule has 1 aliphatic heterocycles. The second-order valence-corrected chi connectivity index (χ2v) is 6.58. The number of rotatable bonds is 12. The van der Waals surface area contributed by atoms with E-state index in [2.05, 4.69) is 48.5 Å². The van der Waals surface area contributed by atoms with E-state index in [9.17, 15) is 0 Å². The van der Waals surface area contributed by atoms with Crippen LogP contribution in [-0.4, -0.2) is 45.4 Å². The summed E-state index contributed by atoms with van der Waals surface area (Å²) in [6.45, 7) is 15.2. The van der Waals surface area contributed by atoms with Crippen molar-refractivity contribution < 1.29 is 14.2 Å². The minimum absolute atomic E-state index is 0.547. The fraction of sp³-hybridized carbons (Fsp3) is 0.455. The van der Waals surface area contributed by atoms with Crippen molar-refractivity contribution in [2.24, 2.45) is 0 Å². The van der Waals surface area contributed by atoms with Gasteiger partial charge in [0.15, 0.2) is 0 Å². The van der Waals surface area contributed by atoms with Crippen molar-refractivity contribution >= 4 is 0 Å². The predicted octanol–water partition coefficient (Wildman–Crippen LogP) is 3.63. The molecule has 0 aliphatic carbocycles. The van der Waals surface area contributed by atoms with Crippen LogP contribution < -0.4 is 10.1 Å². The first-order chi connectivity index (χ1) is 13.1. The van der Waals surface area contributed by atoms with E-state index in [1.54, 1.807) is 20.3 Å². The first-order valence-electron chi connectivity index (χ1n) is 9.42. The number of hydrogen-bond acceptors (Lipinski definition) is 5. The third-order valence-corrected chi connectivity index (χ3v) is 4.55. The van der Waals surface area contributed by atoms with Crippen LogP contribution in [0.2, 0.25) is 0 Å². The van der Waals surface area contributed by atoms with Crippen molar-refractivity contribution in [2.75, 3.05) is 40.5 Å². The zero-order valence-electron chi connectivity index (χ0n) is 16.8. The molecule has 1 aromatic rings. The highest BCUT2D eigenvalue weighted by Crippen LogP contribution is 2.32. The molecular formula is C22H32N2O3. The average molecular weight is 373 g/mol. The number of allylic oxidation sites excluding steroid dienone is 1. The molecule has 27 heavy (non-hydrogen) atoms. The van der Waals surface area contributed by atoms with Crippen LogP contribution in [0, 0.1) is 0 Å². The van der Waals surface area contributed by atoms with Crippen molar-refractivity contribution in [3.8, 4) is 5.75 Å². The Bertz CT molecular complexity index is 682. The fourth-order valence-electron chi connectivity index (χ4n) is 3.12. The van der Waals surface area contributed by atoms with E-state index in [0.717, 1.165) is 50.5 Å². The molecule has 0 aromatic heterocycles. The quantitative estimate of drug-likeness (QED) is 0.345. The Kier molecular flexibility index (Phi) is 8.43. The van der Waals surface area contributed by atoms with Crippen molar-refractivity contribution in [2.45, 2.75) is 26.4 Å². The molecule has 1 aromatic carbocycles. The summed E-state index contributed by atoms with van der Waals surface area (Å²) in [6.07, 6.45) is 2.77. The number of ether oxygens (including phenoxy) is 3. The molecule has 0 radical (unpaired) electrons. The van der Waals surface area contributed by atoms with Crippen LogP contribution >= 0.6 is 0 Å². The van der Waals surface area contributed by atoms with Crippen LogP contribution in [0.3, 0.4) is 0 Å². The van der Waals surface area contributed by atoms with Gasteiger partial charge in [-0.2, -0.15) is 0 Å². The van der Waals surface area contributed by atoms with Gasteiger partial charge in [-0.15, -0.1) is 0 Å². The molecule has 0 saturated carbocycles. The Morgan fingerprint density at radius 1 is 1.22 bits per heavy atom. The molecule has 0 spiro atoms. The molecule has 1 N–H and O–H groups in total. The molecule has 0 fully saturated rings. The number of fused-ring (bicyclic) bond motifs is 1. The molecule has 5 nitrogen and oxygen atoms in total. The van der Waals surface area contributed by atoms with Crippen molar-refractivity contribution in [3.63, 3.8) is 0 Å². The Labute approximate surface area is 163 Å². The Morgan fingerprint density at radius 2 is 2.04 bits per heavy atom. The normalized spacial score (nSPS) is 14.0. The molecule has 0 amide bonds. The lowest BCUT2D eigenvalue weighted by atomic mass is 10.1. The van der Waals surface area contributed by atoms with Crippen LogP contribution in [0.15, 0.2) is 54.5 Å². The van der Waals surface area contributed by atoms with E-state index in [1.807, 2.05) is 0 Å². The SMILES string of the molecule is C=C(/C=C(/OC)C(=C)CN1Cc2cccc(OCCCNCC)c2C1)OC. The summed E-state index contributed by atoms with van der Waals surface area (Å²) in [4.78, 5) is 2.33. The number of methoxy groups -OCH3 is 2.